The number of carbonyl (C=O) groups excluding carboxylic acids is 2. The van der Waals surface area contributed by atoms with E-state index in [2.05, 4.69) is 0 Å². The first kappa shape index (κ1) is 23.2. The summed E-state index contributed by atoms with van der Waals surface area (Å²) in [5.74, 6) is -1.34. The van der Waals surface area contributed by atoms with Gasteiger partial charge in [-0.3, -0.25) is 4.79 Å². The molecule has 9 nitrogen and oxygen atoms in total. The molecule has 0 saturated heterocycles. The Morgan fingerprint density at radius 3 is 1.93 bits per heavy atom. The Labute approximate surface area is 163 Å². The van der Waals surface area contributed by atoms with Crippen molar-refractivity contribution in [3.05, 3.63) is 23.8 Å². The van der Waals surface area contributed by atoms with Crippen LogP contribution in [-0.2, 0) is 20.7 Å². The van der Waals surface area contributed by atoms with Gasteiger partial charge in [0.2, 0.25) is 0 Å². The lowest BCUT2D eigenvalue weighted by molar-refractivity contribution is -0.138. The van der Waals surface area contributed by atoms with Crippen LogP contribution < -0.4 is 15.2 Å². The second-order valence-corrected chi connectivity index (χ2v) is 6.31. The first-order chi connectivity index (χ1) is 13.2. The SMILES string of the molecule is CCC(C)OC(=O)Oc1ccc(C[C@H](N)C(=O)O)cc1OC(=O)OC(C)CC. The number of carboxylic acids is 1. The van der Waals surface area contributed by atoms with Crippen LogP contribution in [0.4, 0.5) is 9.59 Å². The number of ether oxygens (including phenoxy) is 4. The smallest absolute Gasteiger partial charge is 0.480 e. The minimum Gasteiger partial charge on any atom is -0.480 e. The lowest BCUT2D eigenvalue weighted by atomic mass is 10.1. The maximum Gasteiger partial charge on any atom is 0.514 e. The molecule has 28 heavy (non-hydrogen) atoms. The standard InChI is InChI=1S/C19H27NO8/c1-5-11(3)25-18(23)27-15-8-7-13(9-14(20)17(21)22)10-16(15)28-19(24)26-12(4)6-2/h7-8,10-12,14H,5-6,9,20H2,1-4H3,(H,21,22)/t11?,12?,14-/m0/s1. The van der Waals surface area contributed by atoms with Gasteiger partial charge in [-0.05, 0) is 50.8 Å². The molecule has 0 saturated carbocycles. The fourth-order valence-electron chi connectivity index (χ4n) is 1.91. The van der Waals surface area contributed by atoms with Crippen molar-refractivity contribution in [1.82, 2.24) is 0 Å². The van der Waals surface area contributed by atoms with Gasteiger partial charge in [0.25, 0.3) is 0 Å². The molecule has 0 radical (unpaired) electrons. The molecule has 9 heteroatoms. The van der Waals surface area contributed by atoms with E-state index in [4.69, 9.17) is 29.8 Å². The molecule has 1 aromatic carbocycles. The molecule has 2 unspecified atom stereocenters. The molecule has 0 aliphatic rings. The van der Waals surface area contributed by atoms with Gasteiger partial charge in [-0.1, -0.05) is 19.9 Å². The van der Waals surface area contributed by atoms with Crippen LogP contribution in [0.5, 0.6) is 11.5 Å². The molecular formula is C19H27NO8. The predicted octanol–water partition coefficient (Wildman–Crippen LogP) is 3.27. The number of nitrogens with two attached hydrogens (primary N) is 1. The molecular weight excluding hydrogens is 370 g/mol. The normalized spacial score (nSPS) is 13.8. The largest absolute Gasteiger partial charge is 0.514 e. The van der Waals surface area contributed by atoms with E-state index in [1.165, 1.54) is 18.2 Å². The number of aliphatic carboxylic acids is 1. The van der Waals surface area contributed by atoms with E-state index in [-0.39, 0.29) is 30.1 Å². The van der Waals surface area contributed by atoms with Crippen molar-refractivity contribution >= 4 is 18.3 Å². The number of rotatable bonds is 9. The molecule has 3 N–H and O–H groups in total. The average molecular weight is 397 g/mol. The third-order valence-corrected chi connectivity index (χ3v) is 3.91. The summed E-state index contributed by atoms with van der Waals surface area (Å²) in [6.07, 6.45) is -1.46. The van der Waals surface area contributed by atoms with Gasteiger partial charge >= 0.3 is 18.3 Å². The molecule has 3 atom stereocenters. The van der Waals surface area contributed by atoms with Crippen molar-refractivity contribution in [3.8, 4) is 11.5 Å². The zero-order valence-corrected chi connectivity index (χ0v) is 16.5. The van der Waals surface area contributed by atoms with Crippen molar-refractivity contribution in [1.29, 1.82) is 0 Å². The monoisotopic (exact) mass is 397 g/mol. The average Bonchev–Trinajstić information content (AvgIpc) is 2.63. The number of benzene rings is 1. The van der Waals surface area contributed by atoms with Gasteiger partial charge in [-0.15, -0.1) is 0 Å². The minimum absolute atomic E-state index is 0.0102. The maximum atomic E-state index is 12.0. The third kappa shape index (κ3) is 7.83. The third-order valence-electron chi connectivity index (χ3n) is 3.91. The first-order valence-electron chi connectivity index (χ1n) is 9.04. The van der Waals surface area contributed by atoms with Crippen LogP contribution in [-0.4, -0.2) is 41.6 Å². The highest BCUT2D eigenvalue weighted by molar-refractivity contribution is 5.74. The molecule has 0 aliphatic heterocycles. The molecule has 0 spiro atoms. The van der Waals surface area contributed by atoms with E-state index in [9.17, 15) is 14.4 Å². The van der Waals surface area contributed by atoms with E-state index in [1.807, 2.05) is 13.8 Å². The van der Waals surface area contributed by atoms with E-state index in [0.29, 0.717) is 18.4 Å². The minimum atomic E-state index is -1.17. The van der Waals surface area contributed by atoms with Crippen molar-refractivity contribution in [3.63, 3.8) is 0 Å². The quantitative estimate of drug-likeness (QED) is 0.475. The highest BCUT2D eigenvalue weighted by Gasteiger charge is 2.20. The Bertz CT molecular complexity index is 691. The molecule has 0 fully saturated rings. The van der Waals surface area contributed by atoms with Gasteiger partial charge in [0.15, 0.2) is 11.5 Å². The summed E-state index contributed by atoms with van der Waals surface area (Å²) in [5, 5.41) is 8.95. The molecule has 0 aliphatic carbocycles. The maximum absolute atomic E-state index is 12.0. The highest BCUT2D eigenvalue weighted by atomic mass is 16.7. The first-order valence-corrected chi connectivity index (χ1v) is 9.04. The Morgan fingerprint density at radius 1 is 0.964 bits per heavy atom. The van der Waals surface area contributed by atoms with Crippen LogP contribution in [0.25, 0.3) is 0 Å². The number of carbonyl (C=O) groups is 3. The molecule has 0 amide bonds. The van der Waals surface area contributed by atoms with Gasteiger partial charge in [0.1, 0.15) is 18.2 Å². The van der Waals surface area contributed by atoms with Gasteiger partial charge in [0.05, 0.1) is 0 Å². The molecule has 0 aromatic heterocycles. The summed E-state index contributed by atoms with van der Waals surface area (Å²) in [7, 11) is 0. The van der Waals surface area contributed by atoms with Gasteiger partial charge in [-0.2, -0.15) is 0 Å². The zero-order valence-electron chi connectivity index (χ0n) is 16.5. The van der Waals surface area contributed by atoms with Gasteiger partial charge in [0, 0.05) is 0 Å². The fraction of sp³-hybridized carbons (Fsp3) is 0.526. The predicted molar refractivity (Wildman–Crippen MR) is 99.5 cm³/mol. The Morgan fingerprint density at radius 2 is 1.46 bits per heavy atom. The van der Waals surface area contributed by atoms with E-state index < -0.39 is 24.3 Å². The van der Waals surface area contributed by atoms with Crippen LogP contribution in [0.2, 0.25) is 0 Å². The zero-order chi connectivity index (χ0) is 21.3. The summed E-state index contributed by atoms with van der Waals surface area (Å²) in [4.78, 5) is 34.8. The summed E-state index contributed by atoms with van der Waals surface area (Å²) in [6, 6.07) is 3.11. The van der Waals surface area contributed by atoms with E-state index in [1.54, 1.807) is 13.8 Å². The summed E-state index contributed by atoms with van der Waals surface area (Å²) < 4.78 is 20.4. The number of hydrogen-bond donors (Lipinski definition) is 2. The number of hydrogen-bond acceptors (Lipinski definition) is 8. The number of carboxylic acid groups (broad SMARTS) is 1. The highest BCUT2D eigenvalue weighted by Crippen LogP contribution is 2.30. The van der Waals surface area contributed by atoms with Crippen molar-refractivity contribution in [2.75, 3.05) is 0 Å². The van der Waals surface area contributed by atoms with Crippen LogP contribution in [0.3, 0.4) is 0 Å². The molecule has 0 heterocycles. The van der Waals surface area contributed by atoms with Crippen molar-refractivity contribution in [2.45, 2.75) is 65.2 Å². The second-order valence-electron chi connectivity index (χ2n) is 6.31. The molecule has 1 aromatic rings. The molecule has 156 valence electrons. The summed E-state index contributed by atoms with van der Waals surface area (Å²) in [5.41, 5.74) is 6.01. The van der Waals surface area contributed by atoms with Crippen molar-refractivity contribution in [2.24, 2.45) is 5.73 Å². The van der Waals surface area contributed by atoms with Crippen LogP contribution in [0.15, 0.2) is 18.2 Å². The molecule has 1 rings (SSSR count). The Hall–Kier alpha value is -2.81. The lowest BCUT2D eigenvalue weighted by Gasteiger charge is -2.16. The van der Waals surface area contributed by atoms with E-state index >= 15 is 0 Å². The Kier molecular flexibility index (Phi) is 9.23. The molecule has 0 bridgehead atoms. The Balaban J connectivity index is 3.03. The lowest BCUT2D eigenvalue weighted by Crippen LogP contribution is -2.32. The summed E-state index contributed by atoms with van der Waals surface area (Å²) in [6.45, 7) is 7.09. The van der Waals surface area contributed by atoms with Crippen LogP contribution >= 0.6 is 0 Å². The van der Waals surface area contributed by atoms with Crippen molar-refractivity contribution < 1.29 is 38.4 Å². The summed E-state index contributed by atoms with van der Waals surface area (Å²) >= 11 is 0. The fourth-order valence-corrected chi connectivity index (χ4v) is 1.91. The van der Waals surface area contributed by atoms with Gasteiger partial charge < -0.3 is 29.8 Å². The van der Waals surface area contributed by atoms with Crippen LogP contribution in [0, 0.1) is 0 Å². The topological polar surface area (TPSA) is 134 Å². The van der Waals surface area contributed by atoms with E-state index in [0.717, 1.165) is 0 Å². The second kappa shape index (κ2) is 11.1. The van der Waals surface area contributed by atoms with Gasteiger partial charge in [-0.25, -0.2) is 9.59 Å². The van der Waals surface area contributed by atoms with Crippen LogP contribution in [0.1, 0.15) is 46.1 Å².